The first-order valence-electron chi connectivity index (χ1n) is 5.73. The summed E-state index contributed by atoms with van der Waals surface area (Å²) in [5, 5.41) is 10.4. The highest BCUT2D eigenvalue weighted by atomic mass is 19.3. The summed E-state index contributed by atoms with van der Waals surface area (Å²) in [6.45, 7) is 1.66. The molecule has 0 fully saturated rings. The lowest BCUT2D eigenvalue weighted by atomic mass is 9.92. The van der Waals surface area contributed by atoms with E-state index in [1.807, 2.05) is 0 Å². The maximum Gasteiger partial charge on any atom is 0.267 e. The lowest BCUT2D eigenvalue weighted by Crippen LogP contribution is -1.99. The molecule has 0 spiro atoms. The minimum Gasteiger partial charge on any atom is -0.507 e. The van der Waals surface area contributed by atoms with Gasteiger partial charge in [-0.1, -0.05) is 18.9 Å². The van der Waals surface area contributed by atoms with Crippen LogP contribution in [0, 0.1) is 18.2 Å². The highest BCUT2D eigenvalue weighted by Crippen LogP contribution is 2.38. The van der Waals surface area contributed by atoms with Crippen LogP contribution in [-0.4, -0.2) is 5.11 Å². The van der Waals surface area contributed by atoms with E-state index >= 15 is 0 Å². The fourth-order valence-corrected chi connectivity index (χ4v) is 2.30. The van der Waals surface area contributed by atoms with Gasteiger partial charge in [0.2, 0.25) is 0 Å². The zero-order valence-corrected chi connectivity index (χ0v) is 10.2. The molecule has 0 radical (unpaired) electrons. The normalized spacial score (nSPS) is 10.9. The van der Waals surface area contributed by atoms with Crippen molar-refractivity contribution >= 4 is 10.8 Å². The smallest absolute Gasteiger partial charge is 0.267 e. The Kier molecular flexibility index (Phi) is 3.39. The first-order chi connectivity index (χ1) is 9.01. The first-order valence-corrected chi connectivity index (χ1v) is 5.73. The average molecular weight is 264 g/mol. The van der Waals surface area contributed by atoms with Crippen molar-refractivity contribution in [3.8, 4) is 18.1 Å². The summed E-state index contributed by atoms with van der Waals surface area (Å²) in [4.78, 5) is 0. The third-order valence-corrected chi connectivity index (χ3v) is 3.10. The second-order valence-electron chi connectivity index (χ2n) is 4.11. The van der Waals surface area contributed by atoms with Crippen molar-refractivity contribution in [1.82, 2.24) is 0 Å². The molecule has 0 aliphatic carbocycles. The molecule has 19 heavy (non-hydrogen) atoms. The number of fused-ring (bicyclic) bond motifs is 1. The average Bonchev–Trinajstić information content (AvgIpc) is 2.37. The Hall–Kier alpha value is -2.15. The van der Waals surface area contributed by atoms with Crippen LogP contribution in [0.25, 0.3) is 10.8 Å². The van der Waals surface area contributed by atoms with Crippen LogP contribution in [0.1, 0.15) is 30.0 Å². The molecule has 2 rings (SSSR count). The lowest BCUT2D eigenvalue weighted by Gasteiger charge is -2.15. The fraction of sp³-hybridized carbons (Fsp3) is 0.200. The second kappa shape index (κ2) is 4.85. The van der Waals surface area contributed by atoms with Crippen molar-refractivity contribution in [2.45, 2.75) is 19.8 Å². The summed E-state index contributed by atoms with van der Waals surface area (Å²) < 4.78 is 39.7. The van der Waals surface area contributed by atoms with E-state index in [0.717, 1.165) is 0 Å². The predicted molar refractivity (Wildman–Crippen MR) is 67.8 cm³/mol. The molecule has 0 saturated carbocycles. The molecule has 0 atom stereocenters. The fourth-order valence-electron chi connectivity index (χ4n) is 2.30. The van der Waals surface area contributed by atoms with Crippen molar-refractivity contribution in [3.05, 3.63) is 40.7 Å². The minimum absolute atomic E-state index is 0.0451. The van der Waals surface area contributed by atoms with Crippen molar-refractivity contribution in [2.75, 3.05) is 0 Å². The number of aryl methyl sites for hydroxylation is 1. The number of benzene rings is 2. The molecule has 4 heteroatoms. The molecule has 0 aromatic heterocycles. The van der Waals surface area contributed by atoms with Gasteiger partial charge in [0, 0.05) is 5.39 Å². The van der Waals surface area contributed by atoms with Crippen molar-refractivity contribution in [1.29, 1.82) is 0 Å². The summed E-state index contributed by atoms with van der Waals surface area (Å²) >= 11 is 0. The predicted octanol–water partition coefficient (Wildman–Crippen LogP) is 4.17. The van der Waals surface area contributed by atoms with Crippen LogP contribution >= 0.6 is 0 Å². The molecule has 98 valence electrons. The number of aromatic hydroxyl groups is 1. The van der Waals surface area contributed by atoms with Gasteiger partial charge in [0.05, 0.1) is 11.1 Å². The molecule has 1 N–H and O–H groups in total. The topological polar surface area (TPSA) is 20.2 Å². The van der Waals surface area contributed by atoms with Gasteiger partial charge in [-0.15, -0.1) is 6.42 Å². The molecule has 0 amide bonds. The van der Waals surface area contributed by atoms with Gasteiger partial charge in [0.1, 0.15) is 11.6 Å². The quantitative estimate of drug-likeness (QED) is 0.807. The third kappa shape index (κ3) is 2.01. The number of terminal acetylenes is 1. The van der Waals surface area contributed by atoms with E-state index in [-0.39, 0.29) is 22.9 Å². The van der Waals surface area contributed by atoms with E-state index in [1.54, 1.807) is 6.92 Å². The zero-order chi connectivity index (χ0) is 14.2. The van der Waals surface area contributed by atoms with Gasteiger partial charge >= 0.3 is 0 Å². The minimum atomic E-state index is -2.84. The Bertz CT molecular complexity index is 684. The second-order valence-corrected chi connectivity index (χ2v) is 4.11. The van der Waals surface area contributed by atoms with E-state index in [1.165, 1.54) is 18.2 Å². The van der Waals surface area contributed by atoms with Crippen LogP contribution in [0.5, 0.6) is 5.75 Å². The molecule has 0 saturated heterocycles. The first kappa shape index (κ1) is 13.3. The van der Waals surface area contributed by atoms with E-state index in [4.69, 9.17) is 6.42 Å². The standard InChI is InChI=1S/C15H11F3O/c1-3-9-11(16)6-5-8-7-12(19)14(15(17)18)10(4-2)13(8)9/h1,5-7,15,19H,4H2,2H3. The number of hydrogen-bond acceptors (Lipinski definition) is 1. The summed E-state index contributed by atoms with van der Waals surface area (Å²) in [5.74, 6) is 1.08. The van der Waals surface area contributed by atoms with Gasteiger partial charge in [-0.05, 0) is 29.5 Å². The van der Waals surface area contributed by atoms with Crippen LogP contribution in [0.2, 0.25) is 0 Å². The van der Waals surface area contributed by atoms with Crippen LogP contribution in [0.3, 0.4) is 0 Å². The van der Waals surface area contributed by atoms with Crippen LogP contribution in [0.15, 0.2) is 18.2 Å². The van der Waals surface area contributed by atoms with Gasteiger partial charge in [-0.2, -0.15) is 0 Å². The van der Waals surface area contributed by atoms with Crippen LogP contribution in [0.4, 0.5) is 13.2 Å². The Labute approximate surface area is 108 Å². The molecule has 2 aromatic rings. The molecule has 0 aliphatic heterocycles. The van der Waals surface area contributed by atoms with Crippen LogP contribution in [-0.2, 0) is 6.42 Å². The van der Waals surface area contributed by atoms with E-state index in [0.29, 0.717) is 5.39 Å². The van der Waals surface area contributed by atoms with Gasteiger partial charge < -0.3 is 5.11 Å². The number of phenols is 1. The molecular formula is C15H11F3O. The van der Waals surface area contributed by atoms with E-state index < -0.39 is 23.6 Å². The van der Waals surface area contributed by atoms with Gasteiger partial charge in [-0.25, -0.2) is 13.2 Å². The van der Waals surface area contributed by atoms with E-state index in [9.17, 15) is 18.3 Å². The number of halogens is 3. The molecular weight excluding hydrogens is 253 g/mol. The molecule has 0 aliphatic rings. The van der Waals surface area contributed by atoms with Crippen molar-refractivity contribution < 1.29 is 18.3 Å². The molecule has 0 heterocycles. The Morgan fingerprint density at radius 1 is 1.37 bits per heavy atom. The van der Waals surface area contributed by atoms with Crippen molar-refractivity contribution in [3.63, 3.8) is 0 Å². The maximum absolute atomic E-state index is 13.7. The van der Waals surface area contributed by atoms with Gasteiger partial charge in [0.25, 0.3) is 6.43 Å². The molecule has 0 bridgehead atoms. The Morgan fingerprint density at radius 3 is 2.58 bits per heavy atom. The molecule has 0 unspecified atom stereocenters. The summed E-state index contributed by atoms with van der Waals surface area (Å²) in [7, 11) is 0. The maximum atomic E-state index is 13.7. The van der Waals surface area contributed by atoms with Crippen molar-refractivity contribution in [2.24, 2.45) is 0 Å². The molecule has 2 aromatic carbocycles. The van der Waals surface area contributed by atoms with Gasteiger partial charge in [0.15, 0.2) is 0 Å². The summed E-state index contributed by atoms with van der Waals surface area (Å²) in [6.07, 6.45) is 2.65. The number of rotatable bonds is 2. The lowest BCUT2D eigenvalue weighted by molar-refractivity contribution is 0.146. The largest absolute Gasteiger partial charge is 0.507 e. The monoisotopic (exact) mass is 264 g/mol. The number of phenolic OH excluding ortho intramolecular Hbond substituents is 1. The molecule has 1 nitrogen and oxygen atoms in total. The SMILES string of the molecule is C#Cc1c(F)ccc2cc(O)c(C(F)F)c(CC)c12. The Balaban J connectivity index is 3.02. The highest BCUT2D eigenvalue weighted by Gasteiger charge is 2.22. The van der Waals surface area contributed by atoms with Gasteiger partial charge in [-0.3, -0.25) is 0 Å². The van der Waals surface area contributed by atoms with Crippen LogP contribution < -0.4 is 0 Å². The zero-order valence-electron chi connectivity index (χ0n) is 10.2. The number of alkyl halides is 2. The van der Waals surface area contributed by atoms with E-state index in [2.05, 4.69) is 5.92 Å². The summed E-state index contributed by atoms with van der Waals surface area (Å²) in [6, 6.07) is 3.77. The number of hydrogen-bond donors (Lipinski definition) is 1. The highest BCUT2D eigenvalue weighted by molar-refractivity contribution is 5.93. The third-order valence-electron chi connectivity index (χ3n) is 3.10. The Morgan fingerprint density at radius 2 is 2.05 bits per heavy atom. The summed E-state index contributed by atoms with van der Waals surface area (Å²) in [5.41, 5.74) is -0.328.